The highest BCUT2D eigenvalue weighted by Gasteiger charge is 2.41. The van der Waals surface area contributed by atoms with E-state index >= 15 is 0 Å². The number of rotatable bonds is 4. The number of carbonyl (C=O) groups is 1. The van der Waals surface area contributed by atoms with Crippen LogP contribution in [0.25, 0.3) is 22.4 Å². The van der Waals surface area contributed by atoms with Crippen molar-refractivity contribution < 1.29 is 4.79 Å². The number of nitrogen functional groups attached to an aromatic ring is 1. The molecule has 0 atom stereocenters. The quantitative estimate of drug-likeness (QED) is 0.481. The molecule has 0 bridgehead atoms. The van der Waals surface area contributed by atoms with Crippen LogP contribution in [0.3, 0.4) is 0 Å². The summed E-state index contributed by atoms with van der Waals surface area (Å²) in [6.45, 7) is 3.57. The molecule has 0 spiro atoms. The van der Waals surface area contributed by atoms with Gasteiger partial charge in [-0.05, 0) is 38.0 Å². The first kappa shape index (κ1) is 17.4. The molecule has 1 fully saturated rings. The van der Waals surface area contributed by atoms with Crippen LogP contribution >= 0.6 is 0 Å². The Balaban J connectivity index is 1.41. The van der Waals surface area contributed by atoms with Crippen LogP contribution in [0.2, 0.25) is 0 Å². The van der Waals surface area contributed by atoms with Crippen molar-refractivity contribution in [2.45, 2.75) is 38.3 Å². The van der Waals surface area contributed by atoms with Crippen molar-refractivity contribution in [2.24, 2.45) is 0 Å². The number of hydrogen-bond donors (Lipinski definition) is 3. The van der Waals surface area contributed by atoms with Crippen LogP contribution < -0.4 is 16.4 Å². The smallest absolute Gasteiger partial charge is 0.243 e. The minimum Gasteiger partial charge on any atom is -0.382 e. The van der Waals surface area contributed by atoms with E-state index in [1.165, 1.54) is 6.92 Å². The topological polar surface area (TPSA) is 128 Å². The average molecular weight is 391 g/mol. The molecular formula is C19H21N9O. The second-order valence-electron chi connectivity index (χ2n) is 7.78. The van der Waals surface area contributed by atoms with Crippen LogP contribution in [-0.2, 0) is 4.79 Å². The first-order valence-corrected chi connectivity index (χ1v) is 9.41. The molecule has 1 amide bonds. The highest BCUT2D eigenvalue weighted by molar-refractivity contribution is 5.86. The third-order valence-electron chi connectivity index (χ3n) is 5.27. The van der Waals surface area contributed by atoms with Crippen LogP contribution in [-0.4, -0.2) is 46.7 Å². The van der Waals surface area contributed by atoms with E-state index in [1.807, 2.05) is 31.3 Å². The van der Waals surface area contributed by atoms with E-state index in [4.69, 9.17) is 5.73 Å². The number of aromatic nitrogens is 6. The molecule has 1 saturated carbocycles. The molecule has 4 heterocycles. The summed E-state index contributed by atoms with van der Waals surface area (Å²) in [6, 6.07) is 5.91. The fourth-order valence-electron chi connectivity index (χ4n) is 4.12. The predicted octanol–water partition coefficient (Wildman–Crippen LogP) is 1.49. The summed E-state index contributed by atoms with van der Waals surface area (Å²) < 4.78 is 3.43. The van der Waals surface area contributed by atoms with Gasteiger partial charge in [0.05, 0.1) is 5.69 Å². The SMILES string of the molecule is CC(=O)NC1(C)CC(Nc2nc(N)c3c(-c4ccc5nccn5n4)ccn3n2)C1. The molecule has 10 heteroatoms. The van der Waals surface area contributed by atoms with Gasteiger partial charge in [0, 0.05) is 42.7 Å². The van der Waals surface area contributed by atoms with Gasteiger partial charge in [0.1, 0.15) is 5.52 Å². The molecule has 0 saturated heterocycles. The third-order valence-corrected chi connectivity index (χ3v) is 5.27. The summed E-state index contributed by atoms with van der Waals surface area (Å²) in [6.07, 6.45) is 6.96. The van der Waals surface area contributed by atoms with Crippen LogP contribution in [0.5, 0.6) is 0 Å². The molecule has 5 rings (SSSR count). The Morgan fingerprint density at radius 1 is 1.21 bits per heavy atom. The van der Waals surface area contributed by atoms with E-state index in [-0.39, 0.29) is 17.5 Å². The Kier molecular flexibility index (Phi) is 3.70. The zero-order valence-corrected chi connectivity index (χ0v) is 16.1. The van der Waals surface area contributed by atoms with E-state index in [0.717, 1.165) is 29.7 Å². The number of nitrogens with one attached hydrogen (secondary N) is 2. The summed E-state index contributed by atoms with van der Waals surface area (Å²) in [5.74, 6) is 0.819. The molecular weight excluding hydrogens is 370 g/mol. The number of nitrogens with two attached hydrogens (primary N) is 1. The van der Waals surface area contributed by atoms with Crippen molar-refractivity contribution in [3.63, 3.8) is 0 Å². The lowest BCUT2D eigenvalue weighted by atomic mass is 9.74. The normalized spacial score (nSPS) is 21.2. The van der Waals surface area contributed by atoms with Gasteiger partial charge in [-0.1, -0.05) is 0 Å². The Labute approximate surface area is 166 Å². The summed E-state index contributed by atoms with van der Waals surface area (Å²) in [4.78, 5) is 20.0. The van der Waals surface area contributed by atoms with E-state index in [0.29, 0.717) is 17.3 Å². The lowest BCUT2D eigenvalue weighted by Gasteiger charge is -2.45. The van der Waals surface area contributed by atoms with Gasteiger partial charge in [0.15, 0.2) is 11.5 Å². The van der Waals surface area contributed by atoms with E-state index in [9.17, 15) is 4.79 Å². The summed E-state index contributed by atoms with van der Waals surface area (Å²) in [5.41, 5.74) is 9.19. The maximum absolute atomic E-state index is 11.3. The molecule has 0 unspecified atom stereocenters. The van der Waals surface area contributed by atoms with Crippen LogP contribution in [0.15, 0.2) is 36.8 Å². The largest absolute Gasteiger partial charge is 0.382 e. The fraction of sp³-hybridized carbons (Fsp3) is 0.316. The monoisotopic (exact) mass is 391 g/mol. The standard InChI is InChI=1S/C19H21N9O/c1-11(29)24-19(2)9-12(10-19)22-18-23-17(20)16-13(5-7-28(16)26-18)14-3-4-15-21-6-8-27(15)25-14/h3-8,12H,9-10H2,1-2H3,(H,24,29)(H3,20,22,23,26). The highest BCUT2D eigenvalue weighted by atomic mass is 16.1. The maximum Gasteiger partial charge on any atom is 0.243 e. The number of imidazole rings is 1. The Morgan fingerprint density at radius 3 is 2.83 bits per heavy atom. The van der Waals surface area contributed by atoms with Gasteiger partial charge in [-0.2, -0.15) is 10.1 Å². The minimum absolute atomic E-state index is 0.0183. The molecule has 0 aromatic carbocycles. The number of anilines is 2. The molecule has 4 aromatic rings. The lowest BCUT2D eigenvalue weighted by Crippen LogP contribution is -2.59. The highest BCUT2D eigenvalue weighted by Crippen LogP contribution is 2.34. The van der Waals surface area contributed by atoms with Gasteiger partial charge in [-0.3, -0.25) is 4.79 Å². The van der Waals surface area contributed by atoms with Crippen molar-refractivity contribution in [3.8, 4) is 11.3 Å². The molecule has 10 nitrogen and oxygen atoms in total. The number of hydrogen-bond acceptors (Lipinski definition) is 7. The van der Waals surface area contributed by atoms with Gasteiger partial charge < -0.3 is 16.4 Å². The Hall–Kier alpha value is -3.69. The van der Waals surface area contributed by atoms with Gasteiger partial charge in [0.2, 0.25) is 11.9 Å². The number of amides is 1. The van der Waals surface area contributed by atoms with Gasteiger partial charge >= 0.3 is 0 Å². The number of carbonyl (C=O) groups excluding carboxylic acids is 1. The van der Waals surface area contributed by atoms with Crippen molar-refractivity contribution in [2.75, 3.05) is 11.1 Å². The van der Waals surface area contributed by atoms with Crippen molar-refractivity contribution >= 4 is 28.8 Å². The van der Waals surface area contributed by atoms with Crippen molar-refractivity contribution in [3.05, 3.63) is 36.8 Å². The van der Waals surface area contributed by atoms with Gasteiger partial charge in [0.25, 0.3) is 0 Å². The first-order valence-electron chi connectivity index (χ1n) is 9.41. The molecule has 0 radical (unpaired) electrons. The molecule has 4 N–H and O–H groups in total. The first-order chi connectivity index (χ1) is 13.9. The second-order valence-corrected chi connectivity index (χ2v) is 7.78. The molecule has 1 aliphatic rings. The molecule has 29 heavy (non-hydrogen) atoms. The van der Waals surface area contributed by atoms with Gasteiger partial charge in [-0.15, -0.1) is 5.10 Å². The van der Waals surface area contributed by atoms with Crippen LogP contribution in [0.1, 0.15) is 26.7 Å². The molecule has 4 aromatic heterocycles. The molecule has 148 valence electrons. The van der Waals surface area contributed by atoms with Crippen LogP contribution in [0.4, 0.5) is 11.8 Å². The average Bonchev–Trinajstić information content (AvgIpc) is 3.25. The van der Waals surface area contributed by atoms with E-state index < -0.39 is 0 Å². The maximum atomic E-state index is 11.3. The zero-order valence-electron chi connectivity index (χ0n) is 16.1. The lowest BCUT2D eigenvalue weighted by molar-refractivity contribution is -0.121. The second kappa shape index (κ2) is 6.16. The minimum atomic E-state index is -0.183. The number of fused-ring (bicyclic) bond motifs is 2. The van der Waals surface area contributed by atoms with Crippen LogP contribution in [0, 0.1) is 0 Å². The molecule has 1 aliphatic carbocycles. The zero-order chi connectivity index (χ0) is 20.2. The van der Waals surface area contributed by atoms with E-state index in [1.54, 1.807) is 21.4 Å². The molecule has 0 aliphatic heterocycles. The predicted molar refractivity (Wildman–Crippen MR) is 108 cm³/mol. The summed E-state index contributed by atoms with van der Waals surface area (Å²) in [5, 5.41) is 15.4. The van der Waals surface area contributed by atoms with Crippen molar-refractivity contribution in [1.82, 2.24) is 34.5 Å². The van der Waals surface area contributed by atoms with Gasteiger partial charge in [-0.25, -0.2) is 14.0 Å². The summed E-state index contributed by atoms with van der Waals surface area (Å²) >= 11 is 0. The van der Waals surface area contributed by atoms with Crippen molar-refractivity contribution in [1.29, 1.82) is 0 Å². The Morgan fingerprint density at radius 2 is 2.03 bits per heavy atom. The third kappa shape index (κ3) is 3.02. The van der Waals surface area contributed by atoms with E-state index in [2.05, 4.69) is 30.8 Å². The number of nitrogens with zero attached hydrogens (tertiary/aromatic N) is 6. The Bertz CT molecular complexity index is 1240. The fourth-order valence-corrected chi connectivity index (χ4v) is 4.12. The summed E-state index contributed by atoms with van der Waals surface area (Å²) in [7, 11) is 0.